The maximum atomic E-state index is 5.76. The highest BCUT2D eigenvalue weighted by Crippen LogP contribution is 2.38. The lowest BCUT2D eigenvalue weighted by Crippen LogP contribution is -2.25. The van der Waals surface area contributed by atoms with Crippen LogP contribution in [0.25, 0.3) is 0 Å². The zero-order valence-corrected chi connectivity index (χ0v) is 9.83. The summed E-state index contributed by atoms with van der Waals surface area (Å²) in [5.74, 6) is 1.53. The fraction of sp³-hybridized carbons (Fsp3) is 0.600. The Bertz CT molecular complexity index is 313. The molecule has 1 aromatic heterocycles. The number of rotatable bonds is 2. The van der Waals surface area contributed by atoms with Crippen LogP contribution in [0.3, 0.4) is 0 Å². The molecule has 3 nitrogen and oxygen atoms in total. The molecule has 2 atom stereocenters. The van der Waals surface area contributed by atoms with Crippen molar-refractivity contribution in [3.63, 3.8) is 0 Å². The summed E-state index contributed by atoms with van der Waals surface area (Å²) in [6, 6.07) is 2.28. The summed E-state index contributed by atoms with van der Waals surface area (Å²) >= 11 is 3.50. The molecule has 0 aliphatic carbocycles. The largest absolute Gasteiger partial charge is 0.466 e. The molecule has 2 heterocycles. The smallest absolute Gasteiger partial charge is 0.135 e. The number of nitrogens with zero attached hydrogens (tertiary/aromatic N) is 1. The van der Waals surface area contributed by atoms with Gasteiger partial charge in [0, 0.05) is 0 Å². The second-order valence-corrected chi connectivity index (χ2v) is 4.70. The summed E-state index contributed by atoms with van der Waals surface area (Å²) < 4.78 is 6.56. The van der Waals surface area contributed by atoms with E-state index in [2.05, 4.69) is 27.9 Å². The second-order valence-electron chi connectivity index (χ2n) is 3.84. The third-order valence-corrected chi connectivity index (χ3v) is 3.65. The van der Waals surface area contributed by atoms with E-state index < -0.39 is 0 Å². The van der Waals surface area contributed by atoms with Gasteiger partial charge in [-0.2, -0.15) is 0 Å². The first-order chi connectivity index (χ1) is 6.74. The van der Waals surface area contributed by atoms with E-state index in [1.165, 1.54) is 0 Å². The molecule has 0 saturated carbocycles. The Labute approximate surface area is 92.4 Å². The van der Waals surface area contributed by atoms with Gasteiger partial charge in [0.15, 0.2) is 0 Å². The van der Waals surface area contributed by atoms with Gasteiger partial charge in [-0.25, -0.2) is 0 Å². The Morgan fingerprint density at radius 3 is 3.07 bits per heavy atom. The van der Waals surface area contributed by atoms with Crippen molar-refractivity contribution in [2.24, 2.45) is 11.7 Å². The molecule has 1 saturated heterocycles. The predicted molar refractivity (Wildman–Crippen MR) is 58.9 cm³/mol. The van der Waals surface area contributed by atoms with Crippen LogP contribution in [-0.2, 0) is 0 Å². The lowest BCUT2D eigenvalue weighted by molar-refractivity contribution is 0.239. The first-order valence-corrected chi connectivity index (χ1v) is 5.66. The molecule has 2 rings (SSSR count). The van der Waals surface area contributed by atoms with E-state index in [1.807, 2.05) is 6.07 Å². The first kappa shape index (κ1) is 10.2. The number of likely N-dealkylation sites (tertiary alicyclic amines) is 1. The number of hydrogen-bond acceptors (Lipinski definition) is 3. The molecule has 2 unspecified atom stereocenters. The van der Waals surface area contributed by atoms with Crippen LogP contribution in [0.1, 0.15) is 18.2 Å². The lowest BCUT2D eigenvalue weighted by atomic mass is 9.99. The zero-order valence-electron chi connectivity index (χ0n) is 8.24. The summed E-state index contributed by atoms with van der Waals surface area (Å²) in [5.41, 5.74) is 5.76. The molecule has 0 spiro atoms. The third-order valence-electron chi connectivity index (χ3n) is 2.99. The van der Waals surface area contributed by atoms with Gasteiger partial charge in [0.25, 0.3) is 0 Å². The van der Waals surface area contributed by atoms with Crippen LogP contribution in [-0.4, -0.2) is 25.0 Å². The summed E-state index contributed by atoms with van der Waals surface area (Å²) in [5, 5.41) is 0. The molecule has 1 aliphatic rings. The molecule has 0 amide bonds. The topological polar surface area (TPSA) is 42.4 Å². The molecule has 0 aromatic carbocycles. The number of furan rings is 1. The van der Waals surface area contributed by atoms with Gasteiger partial charge < -0.3 is 10.2 Å². The van der Waals surface area contributed by atoms with E-state index in [4.69, 9.17) is 10.2 Å². The minimum atomic E-state index is 0.337. The van der Waals surface area contributed by atoms with Crippen LogP contribution in [0.5, 0.6) is 0 Å². The second kappa shape index (κ2) is 4.04. The van der Waals surface area contributed by atoms with E-state index in [9.17, 15) is 0 Å². The van der Waals surface area contributed by atoms with Crippen molar-refractivity contribution >= 4 is 15.9 Å². The SMILES string of the molecule is CN1CCC(CN)C1c1occc1Br. The Balaban J connectivity index is 2.27. The molecule has 0 bridgehead atoms. The zero-order chi connectivity index (χ0) is 10.1. The van der Waals surface area contributed by atoms with Gasteiger partial charge in [0.1, 0.15) is 5.76 Å². The van der Waals surface area contributed by atoms with Gasteiger partial charge in [0.2, 0.25) is 0 Å². The van der Waals surface area contributed by atoms with Gasteiger partial charge >= 0.3 is 0 Å². The van der Waals surface area contributed by atoms with E-state index in [0.29, 0.717) is 12.0 Å². The van der Waals surface area contributed by atoms with Crippen LogP contribution in [0.15, 0.2) is 21.2 Å². The fourth-order valence-corrected chi connectivity index (χ4v) is 2.64. The van der Waals surface area contributed by atoms with Crippen LogP contribution >= 0.6 is 15.9 Å². The normalized spacial score (nSPS) is 28.5. The predicted octanol–water partition coefficient (Wildman–Crippen LogP) is 1.99. The van der Waals surface area contributed by atoms with E-state index in [0.717, 1.165) is 29.7 Å². The Hall–Kier alpha value is -0.320. The molecule has 0 radical (unpaired) electrons. The average Bonchev–Trinajstić information content (AvgIpc) is 2.72. The summed E-state index contributed by atoms with van der Waals surface area (Å²) in [6.45, 7) is 1.82. The quantitative estimate of drug-likeness (QED) is 0.883. The molecule has 78 valence electrons. The van der Waals surface area contributed by atoms with Crippen molar-refractivity contribution in [3.05, 3.63) is 22.6 Å². The lowest BCUT2D eigenvalue weighted by Gasteiger charge is -2.22. The van der Waals surface area contributed by atoms with E-state index in [1.54, 1.807) is 6.26 Å². The van der Waals surface area contributed by atoms with Crippen LogP contribution < -0.4 is 5.73 Å². The Kier molecular flexibility index (Phi) is 2.95. The van der Waals surface area contributed by atoms with Gasteiger partial charge in [-0.05, 0) is 54.5 Å². The molecule has 1 aromatic rings. The minimum Gasteiger partial charge on any atom is -0.466 e. The Morgan fingerprint density at radius 2 is 2.50 bits per heavy atom. The maximum Gasteiger partial charge on any atom is 0.135 e. The van der Waals surface area contributed by atoms with Crippen LogP contribution in [0.2, 0.25) is 0 Å². The molecule has 2 N–H and O–H groups in total. The highest BCUT2D eigenvalue weighted by atomic mass is 79.9. The number of hydrogen-bond donors (Lipinski definition) is 1. The minimum absolute atomic E-state index is 0.337. The highest BCUT2D eigenvalue weighted by molar-refractivity contribution is 9.10. The van der Waals surface area contributed by atoms with E-state index in [-0.39, 0.29) is 0 Å². The van der Waals surface area contributed by atoms with Gasteiger partial charge in [-0.3, -0.25) is 4.90 Å². The van der Waals surface area contributed by atoms with Crippen molar-refractivity contribution in [1.82, 2.24) is 4.90 Å². The molecule has 14 heavy (non-hydrogen) atoms. The summed E-state index contributed by atoms with van der Waals surface area (Å²) in [7, 11) is 2.12. The number of nitrogens with two attached hydrogens (primary N) is 1. The van der Waals surface area contributed by atoms with Crippen molar-refractivity contribution in [1.29, 1.82) is 0 Å². The van der Waals surface area contributed by atoms with Crippen molar-refractivity contribution in [2.45, 2.75) is 12.5 Å². The Morgan fingerprint density at radius 1 is 1.71 bits per heavy atom. The molecular formula is C10H15BrN2O. The monoisotopic (exact) mass is 258 g/mol. The van der Waals surface area contributed by atoms with Gasteiger partial charge in [-0.1, -0.05) is 0 Å². The number of halogens is 1. The van der Waals surface area contributed by atoms with Gasteiger partial charge in [0.05, 0.1) is 16.8 Å². The van der Waals surface area contributed by atoms with Gasteiger partial charge in [-0.15, -0.1) is 0 Å². The van der Waals surface area contributed by atoms with Crippen molar-refractivity contribution in [3.8, 4) is 0 Å². The van der Waals surface area contributed by atoms with Crippen molar-refractivity contribution in [2.75, 3.05) is 20.1 Å². The van der Waals surface area contributed by atoms with Crippen LogP contribution in [0.4, 0.5) is 0 Å². The third kappa shape index (κ3) is 1.62. The molecule has 4 heteroatoms. The first-order valence-electron chi connectivity index (χ1n) is 4.87. The molecule has 1 aliphatic heterocycles. The van der Waals surface area contributed by atoms with E-state index >= 15 is 0 Å². The highest BCUT2D eigenvalue weighted by Gasteiger charge is 2.35. The fourth-order valence-electron chi connectivity index (χ4n) is 2.20. The molecule has 1 fully saturated rings. The summed E-state index contributed by atoms with van der Waals surface area (Å²) in [4.78, 5) is 2.31. The molecular weight excluding hydrogens is 244 g/mol. The standard InChI is InChI=1S/C10H15BrN2O/c1-13-4-2-7(6-12)9(13)10-8(11)3-5-14-10/h3,5,7,9H,2,4,6,12H2,1H3. The van der Waals surface area contributed by atoms with Crippen molar-refractivity contribution < 1.29 is 4.42 Å². The average molecular weight is 259 g/mol. The maximum absolute atomic E-state index is 5.76. The summed E-state index contributed by atoms with van der Waals surface area (Å²) in [6.07, 6.45) is 2.88. The van der Waals surface area contributed by atoms with Crippen LogP contribution in [0, 0.1) is 5.92 Å².